The number of hydrogen-bond acceptors (Lipinski definition) is 33. The van der Waals surface area contributed by atoms with E-state index in [1.807, 2.05) is 39.8 Å². The standard InChI is InChI=1S/C32H47BN4O8S3.C31H45BN4O6S2.C12H13BN4O6S3/c1-17-18(12-13-20(37-48(11,40)41)24(17)25(38)42-29(2,3)4)14-23(46-28-36-35-26(47-28)34-27(39)43-30(5,6)7)33-44-22-16-19-15-21(31(19,8)9)32(22,10)45-33;1-16-17(11-12-19(33)23(16)24(37)39-28(2,3)4)13-22(43-27-36-35-25(44-27)34-26(38)40-29(5,6)7)32-41-21-15-18-14-20(30(18,8)9)31(21,10)42-32;1-26(21,22)17-6-3-2-5-4-7(24-12-16-15-11(14)25-12)13(20)23-9(5)8(6)10(18)19/h12-13,19,21-23,37H,14-16H2,1-11H3,(H,34,35,39);11-12,18,20-22H,13-15,33H2,1-10H3,(H,34,35,38);2-3,7,17,20H,4H2,1H3,(H2,14,15)(H,18,19)/t19?,21?,22?,23-,32-;18?,20?,21?,22-,31-;7-/m000/s1. The molecule has 9 aliphatic rings. The summed E-state index contributed by atoms with van der Waals surface area (Å²) in [5.74, 6) is -0.542. The number of esters is 2. The SMILES string of the molecule is CS(=O)(=O)Nc1ccc2c(c1C(=O)O)OB(O)[C@@H](Sc1nnc(N)s1)C2.Cc1c(C[C@H](Sc2nnc(NC(=O)OC(C)(C)C)s2)B2OC3CC4CC(C4(C)C)[C@]3(C)O2)ccc(N)c1C(=O)OC(C)(C)C.Cc1c(C[C@H](Sc2nnc(NC(=O)OC(C)(C)C)s2)B2OC3CC4CC(C4(C)C)[C@]3(C)O2)ccc(NS(C)(=O)=O)c1C(=O)OC(C)(C)C. The van der Waals surface area contributed by atoms with Gasteiger partial charge in [-0.1, -0.05) is 115 Å². The fourth-order valence-corrected chi connectivity index (χ4v) is 23.8. The van der Waals surface area contributed by atoms with E-state index in [2.05, 4.69) is 92.2 Å². The quantitative estimate of drug-likeness (QED) is 0.00828. The van der Waals surface area contributed by atoms with E-state index in [-0.39, 0.29) is 67.2 Å². The number of aromatic carboxylic acids is 1. The molecule has 8 fully saturated rings. The second kappa shape index (κ2) is 34.2. The number of thioether (sulfide) groups is 3. The van der Waals surface area contributed by atoms with Crippen LogP contribution < -0.4 is 36.2 Å². The van der Waals surface area contributed by atoms with E-state index in [1.165, 1.54) is 64.0 Å². The Bertz CT molecular complexity index is 5050. The largest absolute Gasteiger partial charge is 0.537 e. The zero-order chi connectivity index (χ0) is 87.1. The number of carbonyl (C=O) groups excluding carboxylic acids is 4. The number of nitrogens with zero attached hydrogens (tertiary/aromatic N) is 6. The van der Waals surface area contributed by atoms with E-state index < -0.39 is 105 Å². The Hall–Kier alpha value is -6.77. The highest BCUT2D eigenvalue weighted by molar-refractivity contribution is 8.03. The fraction of sp³-hybridized carbons (Fsp3) is 0.613. The van der Waals surface area contributed by atoms with Crippen LogP contribution in [0.1, 0.15) is 209 Å². The molecule has 6 saturated carbocycles. The lowest BCUT2D eigenvalue weighted by atomic mass is 9.43. The first kappa shape index (κ1) is 92.0. The first-order chi connectivity index (χ1) is 54.4. The van der Waals surface area contributed by atoms with Gasteiger partial charge in [0.05, 0.1) is 73.9 Å². The Balaban J connectivity index is 0.000000181. The van der Waals surface area contributed by atoms with Crippen LogP contribution in [0.25, 0.3) is 0 Å². The number of nitrogens with one attached hydrogen (secondary N) is 4. The first-order valence-corrected chi connectivity index (χ1v) is 47.3. The smallest absolute Gasteiger partial charge is 0.535 e. The van der Waals surface area contributed by atoms with Crippen molar-refractivity contribution in [3.05, 3.63) is 80.9 Å². The summed E-state index contributed by atoms with van der Waals surface area (Å²) in [6.07, 6.45) is 6.05. The number of hydrogen-bond donors (Lipinski definition) is 8. The molecule has 32 nitrogen and oxygen atoms in total. The Morgan fingerprint density at radius 2 is 0.992 bits per heavy atom. The molecule has 15 rings (SSSR count). The monoisotopic (exact) mass is 1780 g/mol. The van der Waals surface area contributed by atoms with Gasteiger partial charge in [0.2, 0.25) is 35.4 Å². The number of carbonyl (C=O) groups is 5. The Morgan fingerprint density at radius 3 is 1.41 bits per heavy atom. The van der Waals surface area contributed by atoms with Crippen LogP contribution in [0.15, 0.2) is 49.4 Å². The molecule has 6 heterocycles. The average Bonchev–Trinajstić information content (AvgIpc) is 1.46. The number of carboxylic acid groups (broad SMARTS) is 1. The van der Waals surface area contributed by atoms with Gasteiger partial charge in [0.1, 0.15) is 33.7 Å². The van der Waals surface area contributed by atoms with Gasteiger partial charge in [-0.05, 0) is 236 Å². The zero-order valence-electron chi connectivity index (χ0n) is 70.2. The van der Waals surface area contributed by atoms with Crippen LogP contribution in [0, 0.1) is 48.3 Å². The topological polar surface area (TPSA) is 455 Å². The van der Waals surface area contributed by atoms with Crippen molar-refractivity contribution in [1.82, 2.24) is 30.6 Å². The van der Waals surface area contributed by atoms with E-state index in [1.54, 1.807) is 87.4 Å². The highest BCUT2D eigenvalue weighted by atomic mass is 32.2. The first-order valence-electron chi connectivity index (χ1n) is 38.4. The van der Waals surface area contributed by atoms with Crippen LogP contribution in [0.2, 0.25) is 0 Å². The van der Waals surface area contributed by atoms with Crippen molar-refractivity contribution in [1.29, 1.82) is 0 Å². The average molecular weight is 1780 g/mol. The summed E-state index contributed by atoms with van der Waals surface area (Å²) < 4.78 is 108. The molecule has 0 spiro atoms. The third kappa shape index (κ3) is 21.6. The molecule has 2 saturated heterocycles. The maximum Gasteiger partial charge on any atom is 0.537 e. The summed E-state index contributed by atoms with van der Waals surface area (Å²) in [4.78, 5) is 63.0. The third-order valence-corrected chi connectivity index (χ3v) is 29.6. The van der Waals surface area contributed by atoms with Gasteiger partial charge in [0.15, 0.2) is 13.0 Å². The van der Waals surface area contributed by atoms with Crippen molar-refractivity contribution in [3.8, 4) is 5.75 Å². The minimum atomic E-state index is -3.68. The molecule has 10 N–H and O–H groups in total. The van der Waals surface area contributed by atoms with E-state index in [4.69, 9.17) is 53.7 Å². The molecule has 118 heavy (non-hydrogen) atoms. The summed E-state index contributed by atoms with van der Waals surface area (Å²) in [6.45, 7) is 38.9. The molecule has 0 radical (unpaired) electrons. The normalized spacial score (nSPS) is 23.9. The van der Waals surface area contributed by atoms with Gasteiger partial charge in [0, 0.05) is 5.69 Å². The van der Waals surface area contributed by atoms with Crippen LogP contribution in [0.4, 0.5) is 42.0 Å². The highest BCUT2D eigenvalue weighted by Gasteiger charge is 2.70. The van der Waals surface area contributed by atoms with Crippen LogP contribution >= 0.6 is 69.3 Å². The number of anilines is 6. The van der Waals surface area contributed by atoms with Crippen LogP contribution in [0.5, 0.6) is 5.75 Å². The number of nitrogen functional groups attached to an aromatic ring is 2. The number of fused-ring (bicyclic) bond motifs is 1. The minimum absolute atomic E-state index is 0.0102. The summed E-state index contributed by atoms with van der Waals surface area (Å²) in [7, 11) is -9.81. The molecule has 4 bridgehead atoms. The number of carboxylic acids is 1. The number of sulfonamides is 2. The molecule has 3 aromatic heterocycles. The predicted octanol–water partition coefficient (Wildman–Crippen LogP) is 13.5. The Labute approximate surface area is 714 Å². The van der Waals surface area contributed by atoms with E-state index in [0.29, 0.717) is 93.7 Å². The molecule has 6 aromatic rings. The minimum Gasteiger partial charge on any atom is -0.535 e. The zero-order valence-corrected chi connectivity index (χ0v) is 76.7. The Morgan fingerprint density at radius 1 is 0.576 bits per heavy atom. The number of aromatic nitrogens is 6. The number of benzene rings is 3. The second-order valence-corrected chi connectivity index (χ2v) is 47.2. The Kier molecular flexibility index (Phi) is 26.6. The molecule has 6 aliphatic carbocycles. The van der Waals surface area contributed by atoms with Crippen molar-refractivity contribution in [2.75, 3.05) is 44.1 Å². The summed E-state index contributed by atoms with van der Waals surface area (Å²) in [6, 6.07) is 10.0. The molecule has 3 aliphatic heterocycles. The predicted molar refractivity (Wildman–Crippen MR) is 460 cm³/mol. The molecule has 642 valence electrons. The van der Waals surface area contributed by atoms with Gasteiger partial charge in [0.25, 0.3) is 0 Å². The fourth-order valence-electron chi connectivity index (χ4n) is 16.5. The number of rotatable bonds is 21. The molecule has 11 atom stereocenters. The van der Waals surface area contributed by atoms with Gasteiger partial charge in [-0.2, -0.15) is 0 Å². The number of nitrogens with two attached hydrogens (primary N) is 2. The molecule has 6 unspecified atom stereocenters. The van der Waals surface area contributed by atoms with Gasteiger partial charge < -0.3 is 63.8 Å². The van der Waals surface area contributed by atoms with E-state index >= 15 is 0 Å². The van der Waals surface area contributed by atoms with Crippen molar-refractivity contribution < 1.29 is 93.2 Å². The third-order valence-electron chi connectivity index (χ3n) is 22.0. The molecule has 43 heteroatoms. The van der Waals surface area contributed by atoms with Crippen molar-refractivity contribution >= 4 is 173 Å². The van der Waals surface area contributed by atoms with Crippen LogP contribution in [-0.2, 0) is 76.9 Å². The van der Waals surface area contributed by atoms with Gasteiger partial charge >= 0.3 is 51.4 Å². The lowest BCUT2D eigenvalue weighted by Gasteiger charge is -2.64. The molecular formula is C75H105B3N12O20S8. The lowest BCUT2D eigenvalue weighted by molar-refractivity contribution is -0.199. The number of amides is 2. The lowest BCUT2D eigenvalue weighted by Crippen LogP contribution is -2.65. The maximum absolute atomic E-state index is 13.5. The van der Waals surface area contributed by atoms with Gasteiger partial charge in [-0.15, -0.1) is 30.6 Å². The highest BCUT2D eigenvalue weighted by Crippen LogP contribution is 2.68. The van der Waals surface area contributed by atoms with Gasteiger partial charge in [-0.3, -0.25) is 20.1 Å². The summed E-state index contributed by atoms with van der Waals surface area (Å²) in [5.41, 5.74) is 12.8. The van der Waals surface area contributed by atoms with Crippen molar-refractivity contribution in [2.45, 2.75) is 258 Å². The second-order valence-electron chi connectivity index (χ2n) is 36.3. The van der Waals surface area contributed by atoms with Crippen LogP contribution in [0.3, 0.4) is 0 Å². The van der Waals surface area contributed by atoms with E-state index in [0.717, 1.165) is 66.2 Å². The van der Waals surface area contributed by atoms with Crippen molar-refractivity contribution in [3.63, 3.8) is 0 Å². The number of ether oxygens (including phenoxy) is 4. The summed E-state index contributed by atoms with van der Waals surface area (Å²) >= 11 is 7.77. The van der Waals surface area contributed by atoms with Crippen molar-refractivity contribution in [2.24, 2.45) is 34.5 Å². The summed E-state index contributed by atoms with van der Waals surface area (Å²) in [5, 5.41) is 49.6. The van der Waals surface area contributed by atoms with E-state index in [9.17, 15) is 50.9 Å². The molecule has 3 aromatic carbocycles. The molecule has 2 amide bonds. The van der Waals surface area contributed by atoms with Crippen LogP contribution in [-0.4, -0.2) is 183 Å². The maximum atomic E-state index is 13.5. The molecular weight excluding hydrogens is 1680 g/mol. The van der Waals surface area contributed by atoms with Gasteiger partial charge in [-0.25, -0.2) is 40.8 Å².